The molecule has 1 aliphatic heterocycles. The molecule has 1 heterocycles. The van der Waals surface area contributed by atoms with Crippen molar-refractivity contribution >= 4 is 23.2 Å². The highest BCUT2D eigenvalue weighted by molar-refractivity contribution is 6.31. The Labute approximate surface area is 130 Å². The molecular formula is C16H21ClN2O2. The molecule has 2 unspecified atom stereocenters. The first-order chi connectivity index (χ1) is 10.2. The van der Waals surface area contributed by atoms with Gasteiger partial charge in [-0.3, -0.25) is 4.79 Å². The van der Waals surface area contributed by atoms with Crippen LogP contribution in [0.4, 0.5) is 5.69 Å². The number of anilines is 1. The van der Waals surface area contributed by atoms with Crippen LogP contribution in [0.15, 0.2) is 18.2 Å². The number of nitrogens with zero attached hydrogens (tertiary/aromatic N) is 1. The van der Waals surface area contributed by atoms with Crippen molar-refractivity contribution in [2.75, 3.05) is 25.5 Å². The molecule has 1 aliphatic carbocycles. The molecule has 1 saturated carbocycles. The van der Waals surface area contributed by atoms with Crippen molar-refractivity contribution in [3.63, 3.8) is 0 Å². The minimum Gasteiger partial charge on any atom is -0.387 e. The molecule has 114 valence electrons. The van der Waals surface area contributed by atoms with Gasteiger partial charge in [-0.1, -0.05) is 24.4 Å². The number of ether oxygens (including phenoxy) is 1. The lowest BCUT2D eigenvalue weighted by Gasteiger charge is -2.44. The zero-order valence-electron chi connectivity index (χ0n) is 12.3. The number of nitrogens with one attached hydrogen (secondary N) is 1. The third-order valence-corrected chi connectivity index (χ3v) is 4.71. The van der Waals surface area contributed by atoms with E-state index in [2.05, 4.69) is 5.32 Å². The maximum Gasteiger partial charge on any atom is 0.256 e. The molecule has 1 amide bonds. The molecule has 1 saturated heterocycles. The summed E-state index contributed by atoms with van der Waals surface area (Å²) in [6.07, 6.45) is 4.66. The third-order valence-electron chi connectivity index (χ3n) is 4.47. The van der Waals surface area contributed by atoms with Crippen LogP contribution in [0.1, 0.15) is 36.0 Å². The second-order valence-corrected chi connectivity index (χ2v) is 6.14. The zero-order valence-corrected chi connectivity index (χ0v) is 13.0. The highest BCUT2D eigenvalue weighted by atomic mass is 35.5. The van der Waals surface area contributed by atoms with Crippen molar-refractivity contribution in [2.45, 2.75) is 37.8 Å². The average molecular weight is 309 g/mol. The van der Waals surface area contributed by atoms with E-state index in [4.69, 9.17) is 16.3 Å². The molecule has 0 aromatic heterocycles. The maximum atomic E-state index is 13.0. The number of amides is 1. The number of morpholine rings is 1. The number of carbonyl (C=O) groups is 1. The van der Waals surface area contributed by atoms with Gasteiger partial charge >= 0.3 is 0 Å². The Hall–Kier alpha value is -1.26. The van der Waals surface area contributed by atoms with Crippen LogP contribution in [-0.2, 0) is 4.74 Å². The molecule has 0 radical (unpaired) electrons. The number of hydrogen-bond acceptors (Lipinski definition) is 3. The van der Waals surface area contributed by atoms with Crippen LogP contribution in [-0.4, -0.2) is 43.2 Å². The fourth-order valence-corrected chi connectivity index (χ4v) is 3.59. The summed E-state index contributed by atoms with van der Waals surface area (Å²) in [5, 5.41) is 3.67. The minimum absolute atomic E-state index is 0.0575. The molecule has 5 heteroatoms. The molecule has 2 fully saturated rings. The fourth-order valence-electron chi connectivity index (χ4n) is 3.41. The zero-order chi connectivity index (χ0) is 14.8. The largest absolute Gasteiger partial charge is 0.387 e. The van der Waals surface area contributed by atoms with E-state index >= 15 is 0 Å². The number of halogens is 1. The molecular weight excluding hydrogens is 288 g/mol. The van der Waals surface area contributed by atoms with E-state index < -0.39 is 0 Å². The molecule has 0 bridgehead atoms. The monoisotopic (exact) mass is 308 g/mol. The summed E-state index contributed by atoms with van der Waals surface area (Å²) in [4.78, 5) is 14.9. The van der Waals surface area contributed by atoms with Gasteiger partial charge < -0.3 is 15.0 Å². The van der Waals surface area contributed by atoms with Gasteiger partial charge in [-0.2, -0.15) is 0 Å². The number of rotatable bonds is 2. The van der Waals surface area contributed by atoms with Gasteiger partial charge in [0.05, 0.1) is 24.3 Å². The molecule has 2 atom stereocenters. The van der Waals surface area contributed by atoms with Crippen LogP contribution in [0.2, 0.25) is 5.02 Å². The summed E-state index contributed by atoms with van der Waals surface area (Å²) in [5.74, 6) is 0.0575. The van der Waals surface area contributed by atoms with Crippen molar-refractivity contribution in [2.24, 2.45) is 0 Å². The summed E-state index contributed by atoms with van der Waals surface area (Å²) in [7, 11) is 1.82. The van der Waals surface area contributed by atoms with E-state index in [-0.39, 0.29) is 18.1 Å². The van der Waals surface area contributed by atoms with Gasteiger partial charge in [0.15, 0.2) is 0 Å². The van der Waals surface area contributed by atoms with Crippen LogP contribution in [0, 0.1) is 0 Å². The van der Waals surface area contributed by atoms with Crippen LogP contribution in [0.5, 0.6) is 0 Å². The Bertz CT molecular complexity index is 533. The second-order valence-electron chi connectivity index (χ2n) is 5.70. The van der Waals surface area contributed by atoms with E-state index in [1.54, 1.807) is 12.1 Å². The summed E-state index contributed by atoms with van der Waals surface area (Å²) in [6.45, 7) is 1.29. The summed E-state index contributed by atoms with van der Waals surface area (Å²) in [5.41, 5.74) is 1.47. The van der Waals surface area contributed by atoms with Gasteiger partial charge in [0.2, 0.25) is 0 Å². The lowest BCUT2D eigenvalue weighted by Crippen LogP contribution is -2.54. The van der Waals surface area contributed by atoms with Gasteiger partial charge in [-0.05, 0) is 31.0 Å². The first-order valence-corrected chi connectivity index (χ1v) is 7.98. The smallest absolute Gasteiger partial charge is 0.256 e. The van der Waals surface area contributed by atoms with Crippen molar-refractivity contribution in [3.8, 4) is 0 Å². The first kappa shape index (κ1) is 14.7. The Kier molecular flexibility index (Phi) is 4.36. The summed E-state index contributed by atoms with van der Waals surface area (Å²) in [6, 6.07) is 5.62. The average Bonchev–Trinajstić information content (AvgIpc) is 2.53. The van der Waals surface area contributed by atoms with Crippen LogP contribution in [0.3, 0.4) is 0 Å². The molecule has 2 aliphatic rings. The molecule has 3 rings (SSSR count). The quantitative estimate of drug-likeness (QED) is 0.912. The number of benzene rings is 1. The maximum absolute atomic E-state index is 13.0. The van der Waals surface area contributed by atoms with Crippen LogP contribution < -0.4 is 5.32 Å². The van der Waals surface area contributed by atoms with Crippen molar-refractivity contribution in [1.29, 1.82) is 0 Å². The van der Waals surface area contributed by atoms with E-state index in [1.165, 1.54) is 12.8 Å². The normalized spacial score (nSPS) is 25.3. The Morgan fingerprint density at radius 3 is 3.00 bits per heavy atom. The van der Waals surface area contributed by atoms with Gasteiger partial charge in [0, 0.05) is 24.3 Å². The van der Waals surface area contributed by atoms with E-state index in [1.807, 2.05) is 18.0 Å². The lowest BCUT2D eigenvalue weighted by molar-refractivity contribution is -0.0752. The predicted molar refractivity (Wildman–Crippen MR) is 84.0 cm³/mol. The van der Waals surface area contributed by atoms with E-state index in [0.29, 0.717) is 23.7 Å². The van der Waals surface area contributed by atoms with E-state index in [9.17, 15) is 4.79 Å². The van der Waals surface area contributed by atoms with Crippen LogP contribution in [0.25, 0.3) is 0 Å². The Morgan fingerprint density at radius 1 is 1.38 bits per heavy atom. The predicted octanol–water partition coefficient (Wildman–Crippen LogP) is 3.17. The highest BCUT2D eigenvalue weighted by Gasteiger charge is 2.37. The van der Waals surface area contributed by atoms with Crippen molar-refractivity contribution in [1.82, 2.24) is 4.90 Å². The highest BCUT2D eigenvalue weighted by Crippen LogP contribution is 2.31. The standard InChI is InChI=1S/C16H21ClN2O2/c1-18-13-7-6-11(17)10-12(13)16(20)19-8-9-21-15-5-3-2-4-14(15)19/h6-7,10,14-15,18H,2-5,8-9H2,1H3. The molecule has 0 spiro atoms. The molecule has 1 aromatic rings. The first-order valence-electron chi connectivity index (χ1n) is 7.60. The number of fused-ring (bicyclic) bond motifs is 1. The van der Waals surface area contributed by atoms with Gasteiger partial charge in [0.25, 0.3) is 5.91 Å². The van der Waals surface area contributed by atoms with Crippen molar-refractivity contribution < 1.29 is 9.53 Å². The Balaban J connectivity index is 1.88. The molecule has 1 N–H and O–H groups in total. The SMILES string of the molecule is CNc1ccc(Cl)cc1C(=O)N1CCOC2CCCCC21. The summed E-state index contributed by atoms with van der Waals surface area (Å²) < 4.78 is 5.84. The molecule has 21 heavy (non-hydrogen) atoms. The van der Waals surface area contributed by atoms with Gasteiger partial charge in [-0.15, -0.1) is 0 Å². The third kappa shape index (κ3) is 2.87. The molecule has 1 aromatic carbocycles. The summed E-state index contributed by atoms with van der Waals surface area (Å²) >= 11 is 6.07. The lowest BCUT2D eigenvalue weighted by atomic mass is 9.89. The molecule has 4 nitrogen and oxygen atoms in total. The minimum atomic E-state index is 0.0575. The number of hydrogen-bond donors (Lipinski definition) is 1. The topological polar surface area (TPSA) is 41.6 Å². The van der Waals surface area contributed by atoms with Gasteiger partial charge in [-0.25, -0.2) is 0 Å². The Morgan fingerprint density at radius 2 is 2.19 bits per heavy atom. The van der Waals surface area contributed by atoms with E-state index in [0.717, 1.165) is 18.5 Å². The second kappa shape index (κ2) is 6.24. The van der Waals surface area contributed by atoms with Crippen LogP contribution >= 0.6 is 11.6 Å². The van der Waals surface area contributed by atoms with Crippen molar-refractivity contribution in [3.05, 3.63) is 28.8 Å². The van der Waals surface area contributed by atoms with Gasteiger partial charge in [0.1, 0.15) is 0 Å². The fraction of sp³-hybridized carbons (Fsp3) is 0.562. The number of carbonyl (C=O) groups excluding carboxylic acids is 1.